The summed E-state index contributed by atoms with van der Waals surface area (Å²) in [7, 11) is 0. The molecule has 0 amide bonds. The molecule has 0 aliphatic heterocycles. The maximum Gasteiger partial charge on any atom is 0.340 e. The molecule has 0 bridgehead atoms. The Hall–Kier alpha value is -4.24. The molecule has 29 heavy (non-hydrogen) atoms. The number of carboxylic acids is 1. The van der Waals surface area contributed by atoms with Gasteiger partial charge in [0.2, 0.25) is 0 Å². The van der Waals surface area contributed by atoms with Gasteiger partial charge in [0, 0.05) is 11.1 Å². The molecule has 0 fully saturated rings. The number of rotatable bonds is 4. The van der Waals surface area contributed by atoms with Crippen molar-refractivity contribution in [2.24, 2.45) is 0 Å². The predicted octanol–water partition coefficient (Wildman–Crippen LogP) is 4.92. The SMILES string of the molecule is N#Cc1ccc(-c2nn(-c3ccc(F)cc3)c(-c3ccccc3)c2C(=O)O)cc1. The Morgan fingerprint density at radius 3 is 2.17 bits per heavy atom. The van der Waals surface area contributed by atoms with Crippen LogP contribution < -0.4 is 0 Å². The maximum atomic E-state index is 13.4. The van der Waals surface area contributed by atoms with Crippen LogP contribution in [0.4, 0.5) is 4.39 Å². The van der Waals surface area contributed by atoms with Crippen molar-refractivity contribution in [2.45, 2.75) is 0 Å². The Balaban J connectivity index is 2.03. The second-order valence-corrected chi connectivity index (χ2v) is 6.32. The first kappa shape index (κ1) is 18.1. The first-order chi connectivity index (χ1) is 14.1. The van der Waals surface area contributed by atoms with Gasteiger partial charge >= 0.3 is 5.97 Å². The van der Waals surface area contributed by atoms with E-state index in [-0.39, 0.29) is 11.3 Å². The van der Waals surface area contributed by atoms with Crippen LogP contribution in [0.2, 0.25) is 0 Å². The number of hydrogen-bond acceptors (Lipinski definition) is 3. The van der Waals surface area contributed by atoms with Crippen LogP contribution in [0.15, 0.2) is 78.9 Å². The number of nitriles is 1. The molecule has 1 aromatic heterocycles. The zero-order chi connectivity index (χ0) is 20.4. The predicted molar refractivity (Wildman–Crippen MR) is 106 cm³/mol. The summed E-state index contributed by atoms with van der Waals surface area (Å²) in [4.78, 5) is 12.2. The molecular formula is C23H14FN3O2. The highest BCUT2D eigenvalue weighted by molar-refractivity contribution is 6.01. The van der Waals surface area contributed by atoms with E-state index in [0.29, 0.717) is 28.1 Å². The lowest BCUT2D eigenvalue weighted by molar-refractivity contribution is 0.0698. The number of aromatic nitrogens is 2. The van der Waals surface area contributed by atoms with Crippen molar-refractivity contribution in [2.75, 3.05) is 0 Å². The number of aromatic carboxylic acids is 1. The number of benzene rings is 3. The van der Waals surface area contributed by atoms with Crippen molar-refractivity contribution in [3.63, 3.8) is 0 Å². The van der Waals surface area contributed by atoms with Gasteiger partial charge in [-0.05, 0) is 36.4 Å². The zero-order valence-electron chi connectivity index (χ0n) is 15.1. The molecule has 0 unspecified atom stereocenters. The smallest absolute Gasteiger partial charge is 0.340 e. The van der Waals surface area contributed by atoms with E-state index >= 15 is 0 Å². The molecule has 3 aromatic carbocycles. The van der Waals surface area contributed by atoms with Crippen molar-refractivity contribution in [3.8, 4) is 34.3 Å². The Morgan fingerprint density at radius 1 is 0.931 bits per heavy atom. The van der Waals surface area contributed by atoms with Crippen LogP contribution in [0.1, 0.15) is 15.9 Å². The van der Waals surface area contributed by atoms with Crippen LogP contribution in [0.25, 0.3) is 28.2 Å². The molecule has 1 heterocycles. The van der Waals surface area contributed by atoms with Crippen LogP contribution in [0.3, 0.4) is 0 Å². The van der Waals surface area contributed by atoms with Gasteiger partial charge in [0.05, 0.1) is 23.0 Å². The molecule has 0 saturated heterocycles. The minimum absolute atomic E-state index is 0.0326. The van der Waals surface area contributed by atoms with E-state index in [1.54, 1.807) is 48.5 Å². The van der Waals surface area contributed by atoms with Crippen molar-refractivity contribution < 1.29 is 14.3 Å². The summed E-state index contributed by atoms with van der Waals surface area (Å²) in [5, 5.41) is 23.6. The van der Waals surface area contributed by atoms with Crippen LogP contribution in [0.5, 0.6) is 0 Å². The third kappa shape index (κ3) is 3.37. The Morgan fingerprint density at radius 2 is 1.59 bits per heavy atom. The van der Waals surface area contributed by atoms with E-state index in [1.165, 1.54) is 16.8 Å². The van der Waals surface area contributed by atoms with Gasteiger partial charge in [-0.2, -0.15) is 10.4 Å². The lowest BCUT2D eigenvalue weighted by Crippen LogP contribution is -2.03. The number of halogens is 1. The molecule has 0 saturated carbocycles. The Bertz CT molecular complexity index is 1220. The van der Waals surface area contributed by atoms with Gasteiger partial charge in [-0.3, -0.25) is 0 Å². The average molecular weight is 383 g/mol. The van der Waals surface area contributed by atoms with Crippen LogP contribution in [-0.4, -0.2) is 20.9 Å². The lowest BCUT2D eigenvalue weighted by atomic mass is 10.0. The molecule has 0 aliphatic rings. The largest absolute Gasteiger partial charge is 0.478 e. The Kier molecular flexibility index (Phi) is 4.63. The van der Waals surface area contributed by atoms with Crippen LogP contribution in [-0.2, 0) is 0 Å². The van der Waals surface area contributed by atoms with Crippen molar-refractivity contribution in [3.05, 3.63) is 95.8 Å². The molecule has 0 spiro atoms. The third-order valence-corrected chi connectivity index (χ3v) is 4.51. The van der Waals surface area contributed by atoms with Gasteiger partial charge < -0.3 is 5.11 Å². The first-order valence-electron chi connectivity index (χ1n) is 8.76. The van der Waals surface area contributed by atoms with E-state index in [9.17, 15) is 14.3 Å². The molecule has 5 nitrogen and oxygen atoms in total. The molecule has 4 aromatic rings. The first-order valence-corrected chi connectivity index (χ1v) is 8.76. The second kappa shape index (κ2) is 7.41. The van der Waals surface area contributed by atoms with E-state index in [2.05, 4.69) is 5.10 Å². The summed E-state index contributed by atoms with van der Waals surface area (Å²) in [6, 6.07) is 23.3. The molecule has 0 atom stereocenters. The Labute approximate surface area is 165 Å². The summed E-state index contributed by atoms with van der Waals surface area (Å²) in [5.41, 5.74) is 2.93. The summed E-state index contributed by atoms with van der Waals surface area (Å²) >= 11 is 0. The number of carbonyl (C=O) groups is 1. The standard InChI is InChI=1S/C23H14FN3O2/c24-18-10-12-19(13-11-18)27-22(17-4-2-1-3-5-17)20(23(28)29)21(26-27)16-8-6-15(14-25)7-9-16/h1-13H,(H,28,29). The van der Waals surface area contributed by atoms with Crippen molar-refractivity contribution >= 4 is 5.97 Å². The fraction of sp³-hybridized carbons (Fsp3) is 0. The van der Waals surface area contributed by atoms with Gasteiger partial charge in [-0.25, -0.2) is 13.9 Å². The second-order valence-electron chi connectivity index (χ2n) is 6.32. The van der Waals surface area contributed by atoms with Gasteiger partial charge in [0.25, 0.3) is 0 Å². The van der Waals surface area contributed by atoms with E-state index in [1.807, 2.05) is 24.3 Å². The monoisotopic (exact) mass is 383 g/mol. The highest BCUT2D eigenvalue weighted by Gasteiger charge is 2.26. The summed E-state index contributed by atoms with van der Waals surface area (Å²) in [6.45, 7) is 0. The number of nitrogens with zero attached hydrogens (tertiary/aromatic N) is 3. The third-order valence-electron chi connectivity index (χ3n) is 4.51. The molecule has 0 radical (unpaired) electrons. The maximum absolute atomic E-state index is 13.4. The highest BCUT2D eigenvalue weighted by atomic mass is 19.1. The topological polar surface area (TPSA) is 78.9 Å². The highest BCUT2D eigenvalue weighted by Crippen LogP contribution is 2.34. The molecule has 0 aliphatic carbocycles. The average Bonchev–Trinajstić information content (AvgIpc) is 3.16. The molecule has 1 N–H and O–H groups in total. The molecule has 6 heteroatoms. The summed E-state index contributed by atoms with van der Waals surface area (Å²) in [5.74, 6) is -1.52. The minimum atomic E-state index is -1.13. The number of hydrogen-bond donors (Lipinski definition) is 1. The van der Waals surface area contributed by atoms with E-state index in [4.69, 9.17) is 5.26 Å². The molecular weight excluding hydrogens is 369 g/mol. The normalized spacial score (nSPS) is 10.5. The lowest BCUT2D eigenvalue weighted by Gasteiger charge is -2.08. The molecule has 140 valence electrons. The van der Waals surface area contributed by atoms with Crippen molar-refractivity contribution in [1.82, 2.24) is 9.78 Å². The fourth-order valence-corrected chi connectivity index (χ4v) is 3.16. The minimum Gasteiger partial charge on any atom is -0.478 e. The summed E-state index contributed by atoms with van der Waals surface area (Å²) in [6.07, 6.45) is 0. The number of carboxylic acid groups (broad SMARTS) is 1. The zero-order valence-corrected chi connectivity index (χ0v) is 15.1. The quantitative estimate of drug-likeness (QED) is 0.543. The van der Waals surface area contributed by atoms with Crippen LogP contribution >= 0.6 is 0 Å². The van der Waals surface area contributed by atoms with Crippen molar-refractivity contribution in [1.29, 1.82) is 5.26 Å². The van der Waals surface area contributed by atoms with Gasteiger partial charge in [0.1, 0.15) is 17.1 Å². The van der Waals surface area contributed by atoms with E-state index < -0.39 is 11.8 Å². The van der Waals surface area contributed by atoms with Crippen LogP contribution in [0, 0.1) is 17.1 Å². The van der Waals surface area contributed by atoms with Gasteiger partial charge in [0.15, 0.2) is 0 Å². The van der Waals surface area contributed by atoms with Gasteiger partial charge in [-0.1, -0.05) is 42.5 Å². The van der Waals surface area contributed by atoms with E-state index in [0.717, 1.165) is 0 Å². The van der Waals surface area contributed by atoms with Gasteiger partial charge in [-0.15, -0.1) is 0 Å². The molecule has 4 rings (SSSR count). The fourth-order valence-electron chi connectivity index (χ4n) is 3.16. The summed E-state index contributed by atoms with van der Waals surface area (Å²) < 4.78 is 14.9.